The summed E-state index contributed by atoms with van der Waals surface area (Å²) in [7, 11) is 4.24. The highest BCUT2D eigenvalue weighted by Crippen LogP contribution is 2.12. The molecule has 0 N–H and O–H groups in total. The molecule has 0 atom stereocenters. The molecule has 0 saturated carbocycles. The third-order valence-electron chi connectivity index (χ3n) is 1.92. The molecule has 0 aromatic heterocycles. The maximum atomic E-state index is 2.35. The molecule has 0 unspecified atom stereocenters. The Morgan fingerprint density at radius 1 is 1.36 bits per heavy atom. The van der Waals surface area contributed by atoms with Gasteiger partial charge in [-0.1, -0.05) is 23.8 Å². The van der Waals surface area contributed by atoms with Gasteiger partial charge in [-0.25, -0.2) is 0 Å². The molecule has 62 valence electrons. The van der Waals surface area contributed by atoms with Gasteiger partial charge in [0.1, 0.15) is 0 Å². The average molecular weight is 151 g/mol. The summed E-state index contributed by atoms with van der Waals surface area (Å²) in [6.45, 7) is 1.16. The standard InChI is InChI=1S/C10H17N/c1-11(2)9-8-10-6-4-3-5-7-10/h4,6-7H,3,5,8-9H2,1-2H3. The van der Waals surface area contributed by atoms with E-state index in [0.29, 0.717) is 0 Å². The molecule has 0 aromatic carbocycles. The van der Waals surface area contributed by atoms with Gasteiger partial charge in [0.05, 0.1) is 0 Å². The van der Waals surface area contributed by atoms with Crippen molar-refractivity contribution in [2.45, 2.75) is 19.3 Å². The largest absolute Gasteiger partial charge is 0.309 e. The van der Waals surface area contributed by atoms with Crippen molar-refractivity contribution >= 4 is 0 Å². The molecule has 1 aliphatic carbocycles. The highest BCUT2D eigenvalue weighted by Gasteiger charge is 1.97. The zero-order chi connectivity index (χ0) is 8.10. The Morgan fingerprint density at radius 3 is 2.73 bits per heavy atom. The predicted molar refractivity (Wildman–Crippen MR) is 49.6 cm³/mol. The van der Waals surface area contributed by atoms with Crippen LogP contribution < -0.4 is 0 Å². The lowest BCUT2D eigenvalue weighted by molar-refractivity contribution is 0.414. The first kappa shape index (κ1) is 8.54. The molecule has 1 rings (SSSR count). The fraction of sp³-hybridized carbons (Fsp3) is 0.600. The molecule has 0 saturated heterocycles. The minimum atomic E-state index is 1.16. The van der Waals surface area contributed by atoms with E-state index in [2.05, 4.69) is 37.2 Å². The third kappa shape index (κ3) is 3.38. The van der Waals surface area contributed by atoms with Gasteiger partial charge in [0, 0.05) is 6.54 Å². The van der Waals surface area contributed by atoms with E-state index in [1.54, 1.807) is 0 Å². The Balaban J connectivity index is 2.25. The Kier molecular flexibility index (Phi) is 3.37. The van der Waals surface area contributed by atoms with E-state index in [4.69, 9.17) is 0 Å². The minimum Gasteiger partial charge on any atom is -0.309 e. The maximum absolute atomic E-state index is 2.35. The summed E-state index contributed by atoms with van der Waals surface area (Å²) in [6.07, 6.45) is 10.5. The lowest BCUT2D eigenvalue weighted by Crippen LogP contribution is -2.13. The van der Waals surface area contributed by atoms with Gasteiger partial charge in [-0.2, -0.15) is 0 Å². The van der Waals surface area contributed by atoms with Crippen molar-refractivity contribution in [3.05, 3.63) is 23.8 Å². The van der Waals surface area contributed by atoms with E-state index in [9.17, 15) is 0 Å². The second-order valence-electron chi connectivity index (χ2n) is 3.31. The Bertz CT molecular complexity index is 166. The van der Waals surface area contributed by atoms with E-state index in [1.165, 1.54) is 24.8 Å². The van der Waals surface area contributed by atoms with E-state index < -0.39 is 0 Å². The first-order valence-electron chi connectivity index (χ1n) is 4.29. The van der Waals surface area contributed by atoms with Crippen LogP contribution >= 0.6 is 0 Å². The van der Waals surface area contributed by atoms with Crippen LogP contribution in [0.2, 0.25) is 0 Å². The van der Waals surface area contributed by atoms with Crippen LogP contribution in [0.1, 0.15) is 19.3 Å². The topological polar surface area (TPSA) is 3.24 Å². The Hall–Kier alpha value is -0.560. The van der Waals surface area contributed by atoms with Crippen LogP contribution in [0.5, 0.6) is 0 Å². The number of hydrogen-bond donors (Lipinski definition) is 0. The van der Waals surface area contributed by atoms with Crippen LogP contribution in [0.3, 0.4) is 0 Å². The second-order valence-corrected chi connectivity index (χ2v) is 3.31. The molecular weight excluding hydrogens is 134 g/mol. The molecule has 1 aliphatic rings. The molecule has 1 nitrogen and oxygen atoms in total. The average Bonchev–Trinajstić information content (AvgIpc) is 2.03. The molecule has 1 heteroatoms. The maximum Gasteiger partial charge on any atom is 0.00156 e. The van der Waals surface area contributed by atoms with Crippen molar-refractivity contribution in [2.24, 2.45) is 0 Å². The SMILES string of the molecule is CN(C)CCC1=CCCC=C1. The first-order valence-corrected chi connectivity index (χ1v) is 4.29. The van der Waals surface area contributed by atoms with Crippen LogP contribution in [0.15, 0.2) is 23.8 Å². The Labute approximate surface area is 69.4 Å². The van der Waals surface area contributed by atoms with Crippen molar-refractivity contribution in [3.8, 4) is 0 Å². The predicted octanol–water partition coefficient (Wildman–Crippen LogP) is 2.21. The zero-order valence-corrected chi connectivity index (χ0v) is 7.51. The van der Waals surface area contributed by atoms with Crippen LogP contribution in [0, 0.1) is 0 Å². The summed E-state index contributed by atoms with van der Waals surface area (Å²) >= 11 is 0. The van der Waals surface area contributed by atoms with Crippen LogP contribution in [0.25, 0.3) is 0 Å². The summed E-state index contributed by atoms with van der Waals surface area (Å²) in [5, 5.41) is 0. The smallest absolute Gasteiger partial charge is 0.00156 e. The van der Waals surface area contributed by atoms with Gasteiger partial charge in [0.25, 0.3) is 0 Å². The molecule has 0 spiro atoms. The van der Waals surface area contributed by atoms with Gasteiger partial charge in [0.15, 0.2) is 0 Å². The summed E-state index contributed by atoms with van der Waals surface area (Å²) in [5.41, 5.74) is 1.50. The van der Waals surface area contributed by atoms with Crippen molar-refractivity contribution < 1.29 is 0 Å². The summed E-state index contributed by atoms with van der Waals surface area (Å²) in [5.74, 6) is 0. The van der Waals surface area contributed by atoms with Gasteiger partial charge in [-0.15, -0.1) is 0 Å². The van der Waals surface area contributed by atoms with Crippen molar-refractivity contribution in [3.63, 3.8) is 0 Å². The highest BCUT2D eigenvalue weighted by atomic mass is 15.0. The normalized spacial score (nSPS) is 17.2. The molecule has 0 heterocycles. The van der Waals surface area contributed by atoms with Crippen LogP contribution in [0.4, 0.5) is 0 Å². The molecule has 0 radical (unpaired) electrons. The van der Waals surface area contributed by atoms with Gasteiger partial charge in [-0.3, -0.25) is 0 Å². The number of hydrogen-bond acceptors (Lipinski definition) is 1. The fourth-order valence-corrected chi connectivity index (χ4v) is 1.21. The number of nitrogens with zero attached hydrogens (tertiary/aromatic N) is 1. The number of allylic oxidation sites excluding steroid dienone is 3. The summed E-state index contributed by atoms with van der Waals surface area (Å²) in [6, 6.07) is 0. The number of rotatable bonds is 3. The molecule has 11 heavy (non-hydrogen) atoms. The molecule has 0 amide bonds. The lowest BCUT2D eigenvalue weighted by atomic mass is 10.0. The van der Waals surface area contributed by atoms with E-state index in [0.717, 1.165) is 6.54 Å². The molecule has 0 fully saturated rings. The summed E-state index contributed by atoms with van der Waals surface area (Å²) in [4.78, 5) is 2.23. The minimum absolute atomic E-state index is 1.16. The fourth-order valence-electron chi connectivity index (χ4n) is 1.21. The van der Waals surface area contributed by atoms with Gasteiger partial charge in [0.2, 0.25) is 0 Å². The molecule has 0 aromatic rings. The van der Waals surface area contributed by atoms with Crippen LogP contribution in [-0.2, 0) is 0 Å². The van der Waals surface area contributed by atoms with Crippen molar-refractivity contribution in [1.29, 1.82) is 0 Å². The monoisotopic (exact) mass is 151 g/mol. The quantitative estimate of drug-likeness (QED) is 0.598. The van der Waals surface area contributed by atoms with Crippen molar-refractivity contribution in [1.82, 2.24) is 4.90 Å². The van der Waals surface area contributed by atoms with Crippen LogP contribution in [-0.4, -0.2) is 25.5 Å². The van der Waals surface area contributed by atoms with E-state index in [-0.39, 0.29) is 0 Å². The van der Waals surface area contributed by atoms with E-state index >= 15 is 0 Å². The second kappa shape index (κ2) is 4.35. The van der Waals surface area contributed by atoms with Gasteiger partial charge < -0.3 is 4.90 Å². The summed E-state index contributed by atoms with van der Waals surface area (Å²) < 4.78 is 0. The first-order chi connectivity index (χ1) is 5.29. The lowest BCUT2D eigenvalue weighted by Gasteiger charge is -2.11. The highest BCUT2D eigenvalue weighted by molar-refractivity contribution is 5.22. The molecular formula is C10H17N. The van der Waals surface area contributed by atoms with Crippen molar-refractivity contribution in [2.75, 3.05) is 20.6 Å². The van der Waals surface area contributed by atoms with Gasteiger partial charge in [-0.05, 0) is 33.4 Å². The Morgan fingerprint density at radius 2 is 2.18 bits per heavy atom. The molecule has 0 bridgehead atoms. The van der Waals surface area contributed by atoms with Gasteiger partial charge >= 0.3 is 0 Å². The third-order valence-corrected chi connectivity index (χ3v) is 1.92. The zero-order valence-electron chi connectivity index (χ0n) is 7.51. The molecule has 0 aliphatic heterocycles. The van der Waals surface area contributed by atoms with E-state index in [1.807, 2.05) is 0 Å².